The molecule has 1 N–H and O–H groups in total. The van der Waals surface area contributed by atoms with Gasteiger partial charge in [-0.1, -0.05) is 6.08 Å². The number of carboxylic acid groups (broad SMARTS) is 1. The summed E-state index contributed by atoms with van der Waals surface area (Å²) in [7, 11) is 3.88. The van der Waals surface area contributed by atoms with Crippen LogP contribution < -0.4 is 4.90 Å². The fourth-order valence-corrected chi connectivity index (χ4v) is 3.14. The lowest BCUT2D eigenvalue weighted by Gasteiger charge is -2.10. The molecule has 152 valence electrons. The smallest absolute Gasteiger partial charge is 0.313 e. The van der Waals surface area contributed by atoms with Gasteiger partial charge in [0.15, 0.2) is 0 Å². The SMILES string of the molecule is Cc1oc(-c2ccc(N(C)C)nc2)nc1Cc1ccc(C=CCSCC(=O)O)o1. The summed E-state index contributed by atoms with van der Waals surface area (Å²) in [4.78, 5) is 21.4. The van der Waals surface area contributed by atoms with Crippen molar-refractivity contribution in [2.45, 2.75) is 13.3 Å². The Labute approximate surface area is 173 Å². The number of anilines is 1. The maximum atomic E-state index is 10.5. The van der Waals surface area contributed by atoms with Crippen LogP contribution in [0.1, 0.15) is 23.0 Å². The first-order valence-electron chi connectivity index (χ1n) is 9.07. The third-order valence-electron chi connectivity index (χ3n) is 4.09. The zero-order valence-electron chi connectivity index (χ0n) is 16.6. The summed E-state index contributed by atoms with van der Waals surface area (Å²) in [6.45, 7) is 1.89. The van der Waals surface area contributed by atoms with Gasteiger partial charge in [-0.3, -0.25) is 4.79 Å². The summed E-state index contributed by atoms with van der Waals surface area (Å²) >= 11 is 1.34. The summed E-state index contributed by atoms with van der Waals surface area (Å²) in [5, 5.41) is 8.62. The van der Waals surface area contributed by atoms with Gasteiger partial charge >= 0.3 is 5.97 Å². The quantitative estimate of drug-likeness (QED) is 0.524. The minimum absolute atomic E-state index is 0.0922. The van der Waals surface area contributed by atoms with Crippen molar-refractivity contribution in [2.75, 3.05) is 30.5 Å². The standard InChI is InChI=1S/C21H23N3O4S/c1-14-18(23-21(27-14)15-6-9-19(22-12-15)24(2)3)11-17-8-7-16(28-17)5-4-10-29-13-20(25)26/h4-9,12H,10-11,13H2,1-3H3,(H,25,26). The van der Waals surface area contributed by atoms with Gasteiger partial charge < -0.3 is 18.8 Å². The van der Waals surface area contributed by atoms with Gasteiger partial charge in [-0.15, -0.1) is 11.8 Å². The monoisotopic (exact) mass is 413 g/mol. The molecule has 29 heavy (non-hydrogen) atoms. The highest BCUT2D eigenvalue weighted by Gasteiger charge is 2.14. The second-order valence-corrected chi connectivity index (χ2v) is 7.64. The van der Waals surface area contributed by atoms with E-state index in [1.165, 1.54) is 11.8 Å². The number of aliphatic carboxylic acids is 1. The van der Waals surface area contributed by atoms with Crippen molar-refractivity contribution in [3.8, 4) is 11.5 Å². The predicted octanol–water partition coefficient (Wildman–Crippen LogP) is 4.13. The maximum Gasteiger partial charge on any atom is 0.313 e. The van der Waals surface area contributed by atoms with Gasteiger partial charge in [0.2, 0.25) is 5.89 Å². The first-order valence-corrected chi connectivity index (χ1v) is 10.2. The van der Waals surface area contributed by atoms with Crippen LogP contribution >= 0.6 is 11.8 Å². The molecule has 7 nitrogen and oxygen atoms in total. The lowest BCUT2D eigenvalue weighted by molar-refractivity contribution is -0.133. The fraction of sp³-hybridized carbons (Fsp3) is 0.286. The summed E-state index contributed by atoms with van der Waals surface area (Å²) in [6, 6.07) is 7.66. The number of hydrogen-bond acceptors (Lipinski definition) is 7. The molecule has 0 saturated carbocycles. The summed E-state index contributed by atoms with van der Waals surface area (Å²) in [5.41, 5.74) is 1.64. The van der Waals surface area contributed by atoms with Gasteiger partial charge in [0.25, 0.3) is 0 Å². The molecule has 3 aromatic heterocycles. The summed E-state index contributed by atoms with van der Waals surface area (Å²) < 4.78 is 11.6. The highest BCUT2D eigenvalue weighted by molar-refractivity contribution is 8.00. The van der Waals surface area contributed by atoms with Crippen LogP contribution in [0.5, 0.6) is 0 Å². The van der Waals surface area contributed by atoms with Gasteiger partial charge in [0.05, 0.1) is 23.4 Å². The molecule has 0 fully saturated rings. The molecule has 0 radical (unpaired) electrons. The molecule has 0 saturated heterocycles. The van der Waals surface area contributed by atoms with Crippen molar-refractivity contribution in [3.05, 3.63) is 59.5 Å². The van der Waals surface area contributed by atoms with Crippen LogP contribution in [0.15, 0.2) is 45.4 Å². The van der Waals surface area contributed by atoms with E-state index >= 15 is 0 Å². The van der Waals surface area contributed by atoms with Crippen LogP contribution in [0.4, 0.5) is 5.82 Å². The van der Waals surface area contributed by atoms with Crippen molar-refractivity contribution in [1.82, 2.24) is 9.97 Å². The number of hydrogen-bond donors (Lipinski definition) is 1. The molecule has 3 aromatic rings. The molecule has 0 aliphatic rings. The Morgan fingerprint density at radius 1 is 1.24 bits per heavy atom. The molecule has 0 atom stereocenters. The number of furan rings is 1. The van der Waals surface area contributed by atoms with Crippen LogP contribution in [-0.4, -0.2) is 46.6 Å². The zero-order valence-corrected chi connectivity index (χ0v) is 17.4. The van der Waals surface area contributed by atoms with Crippen molar-refractivity contribution in [3.63, 3.8) is 0 Å². The Balaban J connectivity index is 1.63. The zero-order chi connectivity index (χ0) is 20.8. The molecule has 0 amide bonds. The van der Waals surface area contributed by atoms with E-state index < -0.39 is 5.97 Å². The summed E-state index contributed by atoms with van der Waals surface area (Å²) in [6.07, 6.45) is 6.01. The lowest BCUT2D eigenvalue weighted by atomic mass is 10.2. The molecule has 0 aromatic carbocycles. The molecule has 8 heteroatoms. The molecule has 0 aliphatic carbocycles. The average molecular weight is 413 g/mol. The van der Waals surface area contributed by atoms with Crippen LogP contribution in [-0.2, 0) is 11.2 Å². The van der Waals surface area contributed by atoms with Crippen molar-refractivity contribution in [2.24, 2.45) is 0 Å². The lowest BCUT2D eigenvalue weighted by Crippen LogP contribution is -2.09. The molecule has 3 rings (SSSR count). The minimum Gasteiger partial charge on any atom is -0.481 e. The second-order valence-electron chi connectivity index (χ2n) is 6.61. The summed E-state index contributed by atoms with van der Waals surface area (Å²) in [5.74, 6) is 3.56. The number of rotatable bonds is 9. The van der Waals surface area contributed by atoms with E-state index in [1.54, 1.807) is 6.20 Å². The molecular formula is C21H23N3O4S. The minimum atomic E-state index is -0.810. The number of pyridine rings is 1. The largest absolute Gasteiger partial charge is 0.481 e. The van der Waals surface area contributed by atoms with Crippen LogP contribution in [0, 0.1) is 6.92 Å². The third-order valence-corrected chi connectivity index (χ3v) is 4.97. The number of nitrogens with zero attached hydrogens (tertiary/aromatic N) is 3. The van der Waals surface area contributed by atoms with E-state index in [2.05, 4.69) is 9.97 Å². The highest BCUT2D eigenvalue weighted by Crippen LogP contribution is 2.24. The second kappa shape index (κ2) is 9.47. The van der Waals surface area contributed by atoms with Gasteiger partial charge in [0.1, 0.15) is 23.1 Å². The molecule has 0 unspecified atom stereocenters. The van der Waals surface area contributed by atoms with Crippen LogP contribution in [0.3, 0.4) is 0 Å². The third kappa shape index (κ3) is 5.74. The maximum absolute atomic E-state index is 10.5. The Bertz CT molecular complexity index is 990. The predicted molar refractivity (Wildman–Crippen MR) is 114 cm³/mol. The highest BCUT2D eigenvalue weighted by atomic mass is 32.2. The van der Waals surface area contributed by atoms with Crippen LogP contribution in [0.25, 0.3) is 17.5 Å². The Morgan fingerprint density at radius 2 is 2.07 bits per heavy atom. The topological polar surface area (TPSA) is 92.6 Å². The Kier molecular flexibility index (Phi) is 6.77. The fourth-order valence-electron chi connectivity index (χ4n) is 2.62. The van der Waals surface area contributed by atoms with E-state index in [0.717, 1.165) is 34.4 Å². The average Bonchev–Trinajstić information content (AvgIpc) is 3.28. The Morgan fingerprint density at radius 3 is 2.76 bits per heavy atom. The van der Waals surface area contributed by atoms with Gasteiger partial charge in [-0.25, -0.2) is 9.97 Å². The number of carbonyl (C=O) groups is 1. The number of carboxylic acids is 1. The van der Waals surface area contributed by atoms with E-state index in [1.807, 2.05) is 62.3 Å². The number of aromatic nitrogens is 2. The molecule has 0 bridgehead atoms. The normalized spacial score (nSPS) is 11.3. The number of thioether (sulfide) groups is 1. The first-order chi connectivity index (χ1) is 13.9. The molecular weight excluding hydrogens is 390 g/mol. The van der Waals surface area contributed by atoms with Gasteiger partial charge in [-0.05, 0) is 37.3 Å². The van der Waals surface area contributed by atoms with E-state index in [4.69, 9.17) is 13.9 Å². The molecule has 0 spiro atoms. The van der Waals surface area contributed by atoms with Crippen molar-refractivity contribution in [1.29, 1.82) is 0 Å². The molecule has 0 aliphatic heterocycles. The van der Waals surface area contributed by atoms with Crippen LogP contribution in [0.2, 0.25) is 0 Å². The number of aryl methyl sites for hydroxylation is 1. The number of oxazole rings is 1. The van der Waals surface area contributed by atoms with E-state index in [0.29, 0.717) is 18.1 Å². The van der Waals surface area contributed by atoms with E-state index in [9.17, 15) is 4.79 Å². The van der Waals surface area contributed by atoms with Crippen molar-refractivity contribution < 1.29 is 18.7 Å². The molecule has 3 heterocycles. The van der Waals surface area contributed by atoms with Gasteiger partial charge in [-0.2, -0.15) is 0 Å². The Hall–Kier alpha value is -3.00. The van der Waals surface area contributed by atoms with Gasteiger partial charge in [0, 0.05) is 26.0 Å². The first kappa shape index (κ1) is 20.7. The van der Waals surface area contributed by atoms with E-state index in [-0.39, 0.29) is 5.75 Å². The van der Waals surface area contributed by atoms with Crippen molar-refractivity contribution >= 4 is 29.6 Å².